The van der Waals surface area contributed by atoms with Crippen LogP contribution >= 0.6 is 0 Å². The molecule has 0 aromatic heterocycles. The van der Waals surface area contributed by atoms with Gasteiger partial charge in [0.1, 0.15) is 18.5 Å². The molecule has 0 aliphatic carbocycles. The molecule has 1 unspecified atom stereocenters. The number of benzene rings is 1. The molecule has 0 heterocycles. The molecule has 144 valence electrons. The van der Waals surface area contributed by atoms with Crippen molar-refractivity contribution in [2.45, 2.75) is 32.4 Å². The van der Waals surface area contributed by atoms with Gasteiger partial charge in [0.2, 0.25) is 0 Å². The first-order valence-corrected chi connectivity index (χ1v) is 8.46. The molecule has 2 N–H and O–H groups in total. The van der Waals surface area contributed by atoms with Gasteiger partial charge < -0.3 is 24.6 Å². The molecule has 1 rings (SSSR count). The van der Waals surface area contributed by atoms with Gasteiger partial charge in [0.25, 0.3) is 0 Å². The van der Waals surface area contributed by atoms with Crippen LogP contribution in [-0.2, 0) is 25.5 Å². The average molecular weight is 365 g/mol. The fraction of sp³-hybridized carbons (Fsp3) is 0.474. The van der Waals surface area contributed by atoms with Crippen LogP contribution in [0.15, 0.2) is 36.4 Å². The van der Waals surface area contributed by atoms with Gasteiger partial charge in [-0.25, -0.2) is 9.59 Å². The van der Waals surface area contributed by atoms with Crippen LogP contribution in [0.3, 0.4) is 0 Å². The van der Waals surface area contributed by atoms with Crippen molar-refractivity contribution in [2.24, 2.45) is 0 Å². The first kappa shape index (κ1) is 21.7. The standard InChI is InChI=1S/C19H27NO6/c1-14(2)20-12-17(26-19(23)9-8-18(21)22)13-25-16-6-4-15(5-7-16)10-11-24-3/h4-9,14,17,20H,10-13H2,1-3H3,(H,21,22). The first-order valence-electron chi connectivity index (χ1n) is 8.46. The summed E-state index contributed by atoms with van der Waals surface area (Å²) in [5.41, 5.74) is 1.14. The van der Waals surface area contributed by atoms with E-state index < -0.39 is 18.0 Å². The Kier molecular flexibility index (Phi) is 10.0. The Morgan fingerprint density at radius 3 is 2.46 bits per heavy atom. The number of hydrogen-bond acceptors (Lipinski definition) is 6. The third-order valence-electron chi connectivity index (χ3n) is 3.35. The maximum absolute atomic E-state index is 11.7. The van der Waals surface area contributed by atoms with Crippen LogP contribution in [0.4, 0.5) is 0 Å². The van der Waals surface area contributed by atoms with Gasteiger partial charge in [-0.05, 0) is 24.1 Å². The lowest BCUT2D eigenvalue weighted by atomic mass is 10.1. The lowest BCUT2D eigenvalue weighted by Crippen LogP contribution is -2.38. The minimum absolute atomic E-state index is 0.157. The van der Waals surface area contributed by atoms with Gasteiger partial charge in [-0.3, -0.25) is 0 Å². The summed E-state index contributed by atoms with van der Waals surface area (Å²) in [6.45, 7) is 5.16. The van der Waals surface area contributed by atoms with Gasteiger partial charge in [-0.2, -0.15) is 0 Å². The molecule has 0 saturated heterocycles. The van der Waals surface area contributed by atoms with E-state index in [1.54, 1.807) is 7.11 Å². The van der Waals surface area contributed by atoms with E-state index in [0.29, 0.717) is 18.9 Å². The Morgan fingerprint density at radius 2 is 1.88 bits per heavy atom. The first-order chi connectivity index (χ1) is 12.4. The van der Waals surface area contributed by atoms with Crippen molar-refractivity contribution in [3.05, 3.63) is 42.0 Å². The number of nitrogens with one attached hydrogen (secondary N) is 1. The van der Waals surface area contributed by atoms with Crippen LogP contribution in [0.1, 0.15) is 19.4 Å². The minimum atomic E-state index is -1.20. The van der Waals surface area contributed by atoms with E-state index in [0.717, 1.165) is 24.1 Å². The lowest BCUT2D eigenvalue weighted by Gasteiger charge is -2.20. The molecule has 0 radical (unpaired) electrons. The molecule has 0 spiro atoms. The Labute approximate surface area is 153 Å². The molecule has 0 amide bonds. The lowest BCUT2D eigenvalue weighted by molar-refractivity contribution is -0.144. The van der Waals surface area contributed by atoms with E-state index in [-0.39, 0.29) is 12.6 Å². The van der Waals surface area contributed by atoms with E-state index in [1.807, 2.05) is 38.1 Å². The molecule has 0 bridgehead atoms. The number of ether oxygens (including phenoxy) is 3. The smallest absolute Gasteiger partial charge is 0.331 e. The van der Waals surface area contributed by atoms with Crippen molar-refractivity contribution in [2.75, 3.05) is 26.9 Å². The summed E-state index contributed by atoms with van der Waals surface area (Å²) in [5.74, 6) is -1.26. The van der Waals surface area contributed by atoms with Crippen molar-refractivity contribution in [3.8, 4) is 5.75 Å². The number of carbonyl (C=O) groups is 2. The second-order valence-corrected chi connectivity index (χ2v) is 5.99. The third kappa shape index (κ3) is 9.80. The van der Waals surface area contributed by atoms with Gasteiger partial charge in [0.05, 0.1) is 6.61 Å². The number of hydrogen-bond donors (Lipinski definition) is 2. The molecule has 7 heteroatoms. The number of carboxylic acids is 1. The van der Waals surface area contributed by atoms with Gasteiger partial charge in [-0.1, -0.05) is 26.0 Å². The molecule has 1 aromatic rings. The van der Waals surface area contributed by atoms with Gasteiger partial charge >= 0.3 is 11.9 Å². The van der Waals surface area contributed by atoms with Crippen molar-refractivity contribution in [1.29, 1.82) is 0 Å². The van der Waals surface area contributed by atoms with Crippen LogP contribution in [0.5, 0.6) is 5.75 Å². The van der Waals surface area contributed by atoms with Crippen LogP contribution in [0.25, 0.3) is 0 Å². The van der Waals surface area contributed by atoms with Gasteiger partial charge in [-0.15, -0.1) is 0 Å². The maximum Gasteiger partial charge on any atom is 0.331 e. The SMILES string of the molecule is COCCc1ccc(OCC(CNC(C)C)OC(=O)C=CC(=O)O)cc1. The third-order valence-corrected chi connectivity index (χ3v) is 3.35. The van der Waals surface area contributed by atoms with Crippen LogP contribution in [-0.4, -0.2) is 56.1 Å². The molecular weight excluding hydrogens is 338 g/mol. The summed E-state index contributed by atoms with van der Waals surface area (Å²) in [7, 11) is 1.66. The highest BCUT2D eigenvalue weighted by molar-refractivity contribution is 5.90. The second-order valence-electron chi connectivity index (χ2n) is 5.99. The summed E-state index contributed by atoms with van der Waals surface area (Å²) < 4.78 is 16.0. The molecule has 1 aromatic carbocycles. The van der Waals surface area contributed by atoms with Crippen molar-refractivity contribution in [3.63, 3.8) is 0 Å². The molecule has 0 aliphatic rings. The zero-order valence-electron chi connectivity index (χ0n) is 15.4. The molecule has 1 atom stereocenters. The maximum atomic E-state index is 11.7. The number of carbonyl (C=O) groups excluding carboxylic acids is 1. The fourth-order valence-corrected chi connectivity index (χ4v) is 2.01. The topological polar surface area (TPSA) is 94.1 Å². The largest absolute Gasteiger partial charge is 0.490 e. The van der Waals surface area contributed by atoms with Crippen molar-refractivity contribution in [1.82, 2.24) is 5.32 Å². The average Bonchev–Trinajstić information content (AvgIpc) is 2.61. The molecular formula is C19H27NO6. The normalized spacial score (nSPS) is 12.3. The van der Waals surface area contributed by atoms with Crippen molar-refractivity contribution < 1.29 is 28.9 Å². The second kappa shape index (κ2) is 12.1. The molecule has 0 fully saturated rings. The highest BCUT2D eigenvalue weighted by atomic mass is 16.6. The molecule has 0 saturated carbocycles. The van der Waals surface area contributed by atoms with E-state index in [9.17, 15) is 9.59 Å². The van der Waals surface area contributed by atoms with E-state index in [2.05, 4.69) is 5.32 Å². The van der Waals surface area contributed by atoms with Gasteiger partial charge in [0.15, 0.2) is 0 Å². The predicted molar refractivity (Wildman–Crippen MR) is 97.3 cm³/mol. The number of carboxylic acid groups (broad SMARTS) is 1. The van der Waals surface area contributed by atoms with E-state index in [1.165, 1.54) is 0 Å². The molecule has 26 heavy (non-hydrogen) atoms. The van der Waals surface area contributed by atoms with Crippen molar-refractivity contribution >= 4 is 11.9 Å². The summed E-state index contributed by atoms with van der Waals surface area (Å²) in [6, 6.07) is 7.83. The van der Waals surface area contributed by atoms with Crippen LogP contribution in [0, 0.1) is 0 Å². The quantitative estimate of drug-likeness (QED) is 0.431. The monoisotopic (exact) mass is 365 g/mol. The molecule has 7 nitrogen and oxygen atoms in total. The Balaban J connectivity index is 2.58. The summed E-state index contributed by atoms with van der Waals surface area (Å²) in [6.07, 6.45) is 1.91. The summed E-state index contributed by atoms with van der Waals surface area (Å²) in [4.78, 5) is 22.2. The van der Waals surface area contributed by atoms with Crippen LogP contribution < -0.4 is 10.1 Å². The molecule has 0 aliphatic heterocycles. The summed E-state index contributed by atoms with van der Waals surface area (Å²) >= 11 is 0. The van der Waals surface area contributed by atoms with E-state index in [4.69, 9.17) is 19.3 Å². The minimum Gasteiger partial charge on any atom is -0.490 e. The highest BCUT2D eigenvalue weighted by Gasteiger charge is 2.15. The highest BCUT2D eigenvalue weighted by Crippen LogP contribution is 2.13. The van der Waals surface area contributed by atoms with Crippen LogP contribution in [0.2, 0.25) is 0 Å². The Hall–Kier alpha value is -2.38. The predicted octanol–water partition coefficient (Wildman–Crippen LogP) is 1.80. The number of esters is 1. The Morgan fingerprint density at radius 1 is 1.19 bits per heavy atom. The summed E-state index contributed by atoms with van der Waals surface area (Å²) in [5, 5.41) is 11.7. The number of methoxy groups -OCH3 is 1. The van der Waals surface area contributed by atoms with E-state index >= 15 is 0 Å². The Bertz CT molecular complexity index is 582. The zero-order chi connectivity index (χ0) is 19.4. The number of aliphatic carboxylic acids is 1. The zero-order valence-corrected chi connectivity index (χ0v) is 15.4. The van der Waals surface area contributed by atoms with Gasteiger partial charge in [0, 0.05) is 31.8 Å². The fourth-order valence-electron chi connectivity index (χ4n) is 2.01. The number of rotatable bonds is 12.